The van der Waals surface area contributed by atoms with Gasteiger partial charge in [0.15, 0.2) is 0 Å². The van der Waals surface area contributed by atoms with Crippen molar-refractivity contribution in [3.63, 3.8) is 0 Å². The minimum atomic E-state index is -0.993. The van der Waals surface area contributed by atoms with E-state index in [9.17, 15) is 9.90 Å². The average molecular weight is 256 g/mol. The molecule has 0 aliphatic heterocycles. The van der Waals surface area contributed by atoms with Gasteiger partial charge in [0.1, 0.15) is 11.4 Å². The van der Waals surface area contributed by atoms with Gasteiger partial charge in [-0.2, -0.15) is 0 Å². The Kier molecular flexibility index (Phi) is 3.60. The van der Waals surface area contributed by atoms with Crippen molar-refractivity contribution in [1.29, 1.82) is 0 Å². The van der Waals surface area contributed by atoms with Crippen LogP contribution >= 0.6 is 0 Å². The predicted molar refractivity (Wildman–Crippen MR) is 73.3 cm³/mol. The molecule has 0 radical (unpaired) electrons. The fraction of sp³-hybridized carbons (Fsp3) is 0.267. The summed E-state index contributed by atoms with van der Waals surface area (Å²) in [5, 5.41) is 9.32. The smallest absolute Gasteiger partial charge is 0.339 e. The normalized spacial score (nSPS) is 10.5. The first-order chi connectivity index (χ1) is 9.02. The van der Waals surface area contributed by atoms with Crippen molar-refractivity contribution in [2.75, 3.05) is 0 Å². The van der Waals surface area contributed by atoms with Crippen LogP contribution in [0.15, 0.2) is 24.3 Å². The van der Waals surface area contributed by atoms with Crippen molar-refractivity contribution in [1.82, 2.24) is 9.97 Å². The summed E-state index contributed by atoms with van der Waals surface area (Å²) in [6, 6.07) is 7.81. The molecular formula is C15H16N2O2. The number of hydrogen-bond donors (Lipinski definition) is 1. The summed E-state index contributed by atoms with van der Waals surface area (Å²) in [5.41, 5.74) is 3.18. The molecule has 0 aliphatic carbocycles. The standard InChI is InChI=1S/C15H16N2O2/c1-4-11-5-7-12(8-6-11)14-13(15(18)19)9(2)16-10(3)17-14/h5-8H,4H2,1-3H3,(H,18,19). The van der Waals surface area contributed by atoms with Gasteiger partial charge in [-0.15, -0.1) is 0 Å². The Morgan fingerprint density at radius 1 is 1.16 bits per heavy atom. The van der Waals surface area contributed by atoms with Gasteiger partial charge in [0, 0.05) is 5.56 Å². The number of carboxylic acids is 1. The number of carbonyl (C=O) groups is 1. The van der Waals surface area contributed by atoms with Gasteiger partial charge in [0.05, 0.1) is 11.4 Å². The Morgan fingerprint density at radius 3 is 2.32 bits per heavy atom. The van der Waals surface area contributed by atoms with E-state index in [1.54, 1.807) is 13.8 Å². The lowest BCUT2D eigenvalue weighted by molar-refractivity contribution is 0.0696. The molecule has 19 heavy (non-hydrogen) atoms. The first-order valence-electron chi connectivity index (χ1n) is 6.20. The molecule has 0 spiro atoms. The van der Waals surface area contributed by atoms with Gasteiger partial charge >= 0.3 is 5.97 Å². The van der Waals surface area contributed by atoms with Crippen LogP contribution in [0.5, 0.6) is 0 Å². The summed E-state index contributed by atoms with van der Waals surface area (Å²) in [5.74, 6) is -0.413. The molecule has 1 aromatic carbocycles. The molecule has 0 fully saturated rings. The minimum absolute atomic E-state index is 0.176. The topological polar surface area (TPSA) is 63.1 Å². The number of aryl methyl sites for hydroxylation is 3. The highest BCUT2D eigenvalue weighted by molar-refractivity contribution is 5.95. The number of hydrogen-bond acceptors (Lipinski definition) is 3. The molecular weight excluding hydrogens is 240 g/mol. The van der Waals surface area contributed by atoms with E-state index in [0.717, 1.165) is 12.0 Å². The lowest BCUT2D eigenvalue weighted by atomic mass is 10.0. The van der Waals surface area contributed by atoms with Crippen LogP contribution in [-0.4, -0.2) is 21.0 Å². The van der Waals surface area contributed by atoms with Crippen LogP contribution < -0.4 is 0 Å². The minimum Gasteiger partial charge on any atom is -0.478 e. The van der Waals surface area contributed by atoms with Crippen LogP contribution in [0.2, 0.25) is 0 Å². The van der Waals surface area contributed by atoms with Crippen LogP contribution in [0.4, 0.5) is 0 Å². The molecule has 4 heteroatoms. The van der Waals surface area contributed by atoms with E-state index in [1.165, 1.54) is 5.56 Å². The van der Waals surface area contributed by atoms with Gasteiger partial charge in [0.25, 0.3) is 0 Å². The Hall–Kier alpha value is -2.23. The van der Waals surface area contributed by atoms with E-state index in [2.05, 4.69) is 16.9 Å². The quantitative estimate of drug-likeness (QED) is 0.916. The SMILES string of the molecule is CCc1ccc(-c2nc(C)nc(C)c2C(=O)O)cc1. The van der Waals surface area contributed by atoms with Gasteiger partial charge in [0.2, 0.25) is 0 Å². The lowest BCUT2D eigenvalue weighted by Crippen LogP contribution is -2.08. The number of aromatic nitrogens is 2. The number of carboxylic acid groups (broad SMARTS) is 1. The van der Waals surface area contributed by atoms with Crippen molar-refractivity contribution in [3.05, 3.63) is 46.9 Å². The molecule has 0 unspecified atom stereocenters. The van der Waals surface area contributed by atoms with Crippen molar-refractivity contribution >= 4 is 5.97 Å². The number of rotatable bonds is 3. The summed E-state index contributed by atoms with van der Waals surface area (Å²) >= 11 is 0. The maximum atomic E-state index is 11.4. The molecule has 0 bridgehead atoms. The lowest BCUT2D eigenvalue weighted by Gasteiger charge is -2.09. The highest BCUT2D eigenvalue weighted by atomic mass is 16.4. The molecule has 2 rings (SSSR count). The summed E-state index contributed by atoms with van der Waals surface area (Å²) in [7, 11) is 0. The highest BCUT2D eigenvalue weighted by Crippen LogP contribution is 2.24. The number of aromatic carboxylic acids is 1. The van der Waals surface area contributed by atoms with E-state index >= 15 is 0 Å². The van der Waals surface area contributed by atoms with Gasteiger partial charge in [-0.1, -0.05) is 31.2 Å². The maximum Gasteiger partial charge on any atom is 0.339 e. The molecule has 0 atom stereocenters. The summed E-state index contributed by atoms with van der Waals surface area (Å²) < 4.78 is 0. The van der Waals surface area contributed by atoms with Crippen LogP contribution in [0, 0.1) is 13.8 Å². The maximum absolute atomic E-state index is 11.4. The van der Waals surface area contributed by atoms with Gasteiger partial charge in [-0.3, -0.25) is 0 Å². The van der Waals surface area contributed by atoms with Gasteiger partial charge < -0.3 is 5.11 Å². The second-order valence-corrected chi connectivity index (χ2v) is 4.44. The predicted octanol–water partition coefficient (Wildman–Crippen LogP) is 3.02. The molecule has 98 valence electrons. The van der Waals surface area contributed by atoms with Crippen LogP contribution in [0.25, 0.3) is 11.3 Å². The van der Waals surface area contributed by atoms with Crippen LogP contribution in [0.3, 0.4) is 0 Å². The Balaban J connectivity index is 2.62. The van der Waals surface area contributed by atoms with Crippen LogP contribution in [-0.2, 0) is 6.42 Å². The van der Waals surface area contributed by atoms with Crippen molar-refractivity contribution in [3.8, 4) is 11.3 Å². The zero-order valence-corrected chi connectivity index (χ0v) is 11.3. The van der Waals surface area contributed by atoms with E-state index in [4.69, 9.17) is 0 Å². The fourth-order valence-corrected chi connectivity index (χ4v) is 2.08. The second kappa shape index (κ2) is 5.18. The Labute approximate surface area is 112 Å². The third-order valence-electron chi connectivity index (χ3n) is 3.05. The zero-order chi connectivity index (χ0) is 14.0. The number of benzene rings is 1. The molecule has 0 saturated carbocycles. The molecule has 2 aromatic rings. The Morgan fingerprint density at radius 2 is 1.79 bits per heavy atom. The van der Waals surface area contributed by atoms with Crippen molar-refractivity contribution < 1.29 is 9.90 Å². The fourth-order valence-electron chi connectivity index (χ4n) is 2.08. The zero-order valence-electron chi connectivity index (χ0n) is 11.3. The van der Waals surface area contributed by atoms with E-state index < -0.39 is 5.97 Å². The molecule has 1 heterocycles. The molecule has 0 amide bonds. The van der Waals surface area contributed by atoms with Gasteiger partial charge in [-0.05, 0) is 25.8 Å². The second-order valence-electron chi connectivity index (χ2n) is 4.44. The summed E-state index contributed by atoms with van der Waals surface area (Å²) in [4.78, 5) is 19.8. The third-order valence-corrected chi connectivity index (χ3v) is 3.05. The Bertz CT molecular complexity index is 619. The third kappa shape index (κ3) is 2.62. The monoisotopic (exact) mass is 256 g/mol. The molecule has 0 saturated heterocycles. The average Bonchev–Trinajstić information content (AvgIpc) is 2.37. The summed E-state index contributed by atoms with van der Waals surface area (Å²) in [6.45, 7) is 5.54. The molecule has 0 aliphatic rings. The molecule has 1 aromatic heterocycles. The van der Waals surface area contributed by atoms with Gasteiger partial charge in [-0.25, -0.2) is 14.8 Å². The van der Waals surface area contributed by atoms with Crippen molar-refractivity contribution in [2.45, 2.75) is 27.2 Å². The summed E-state index contributed by atoms with van der Waals surface area (Å²) in [6.07, 6.45) is 0.952. The first kappa shape index (κ1) is 13.2. The van der Waals surface area contributed by atoms with E-state index in [-0.39, 0.29) is 5.56 Å². The van der Waals surface area contributed by atoms with Crippen molar-refractivity contribution in [2.24, 2.45) is 0 Å². The van der Waals surface area contributed by atoms with E-state index in [1.807, 2.05) is 24.3 Å². The van der Waals surface area contributed by atoms with E-state index in [0.29, 0.717) is 17.2 Å². The molecule has 4 nitrogen and oxygen atoms in total. The first-order valence-corrected chi connectivity index (χ1v) is 6.20. The van der Waals surface area contributed by atoms with Crippen LogP contribution in [0.1, 0.15) is 34.4 Å². The molecule has 1 N–H and O–H groups in total. The number of nitrogens with zero attached hydrogens (tertiary/aromatic N) is 2. The highest BCUT2D eigenvalue weighted by Gasteiger charge is 2.18. The largest absolute Gasteiger partial charge is 0.478 e.